The van der Waals surface area contributed by atoms with Gasteiger partial charge >= 0.3 is 0 Å². The van der Waals surface area contributed by atoms with Crippen LogP contribution >= 0.6 is 0 Å². The Hall–Kier alpha value is -0.120. The third kappa shape index (κ3) is 4.44. The molecule has 112 valence electrons. The van der Waals surface area contributed by atoms with Crippen LogP contribution in [0, 0.1) is 0 Å². The second kappa shape index (κ2) is 8.23. The van der Waals surface area contributed by atoms with Crippen molar-refractivity contribution < 1.29 is 0 Å². The lowest BCUT2D eigenvalue weighted by molar-refractivity contribution is 0.150. The van der Waals surface area contributed by atoms with E-state index < -0.39 is 0 Å². The highest BCUT2D eigenvalue weighted by Gasteiger charge is 2.31. The standard InChI is InChI=1S/C16H33N3/c1-3-9-17-13-15(4-2)19-12-8-16(14-19)18-10-6-5-7-11-18/h15-17H,3-14H2,1-2H3. The summed E-state index contributed by atoms with van der Waals surface area (Å²) in [6.45, 7) is 12.3. The van der Waals surface area contributed by atoms with Crippen molar-refractivity contribution in [2.75, 3.05) is 39.3 Å². The molecule has 0 aromatic heterocycles. The molecule has 3 nitrogen and oxygen atoms in total. The van der Waals surface area contributed by atoms with Gasteiger partial charge in [-0.2, -0.15) is 0 Å². The van der Waals surface area contributed by atoms with Gasteiger partial charge in [-0.3, -0.25) is 9.80 Å². The van der Waals surface area contributed by atoms with Crippen LogP contribution in [0.1, 0.15) is 52.4 Å². The Morgan fingerprint density at radius 3 is 2.58 bits per heavy atom. The highest BCUT2D eigenvalue weighted by molar-refractivity contribution is 4.88. The topological polar surface area (TPSA) is 18.5 Å². The molecular weight excluding hydrogens is 234 g/mol. The van der Waals surface area contributed by atoms with Crippen molar-refractivity contribution in [1.29, 1.82) is 0 Å². The number of nitrogens with one attached hydrogen (secondary N) is 1. The van der Waals surface area contributed by atoms with E-state index in [-0.39, 0.29) is 0 Å². The number of hydrogen-bond donors (Lipinski definition) is 1. The molecule has 2 rings (SSSR count). The quantitative estimate of drug-likeness (QED) is 0.714. The Morgan fingerprint density at radius 2 is 1.89 bits per heavy atom. The molecule has 0 spiro atoms. The molecule has 0 bridgehead atoms. The van der Waals surface area contributed by atoms with Gasteiger partial charge in [-0.15, -0.1) is 0 Å². The summed E-state index contributed by atoms with van der Waals surface area (Å²) in [5, 5.41) is 3.60. The monoisotopic (exact) mass is 267 g/mol. The third-order valence-electron chi connectivity index (χ3n) is 4.90. The van der Waals surface area contributed by atoms with E-state index in [0.29, 0.717) is 0 Å². The van der Waals surface area contributed by atoms with Gasteiger partial charge in [0.05, 0.1) is 0 Å². The van der Waals surface area contributed by atoms with Crippen molar-refractivity contribution in [3.05, 3.63) is 0 Å². The molecule has 2 aliphatic heterocycles. The van der Waals surface area contributed by atoms with E-state index in [1.54, 1.807) is 0 Å². The molecule has 0 aromatic rings. The molecule has 0 aliphatic carbocycles. The zero-order valence-electron chi connectivity index (χ0n) is 13.0. The molecule has 2 atom stereocenters. The van der Waals surface area contributed by atoms with Crippen molar-refractivity contribution in [1.82, 2.24) is 15.1 Å². The summed E-state index contributed by atoms with van der Waals surface area (Å²) >= 11 is 0. The predicted molar refractivity (Wildman–Crippen MR) is 82.6 cm³/mol. The van der Waals surface area contributed by atoms with Crippen LogP contribution in [0.15, 0.2) is 0 Å². The lowest BCUT2D eigenvalue weighted by atomic mass is 10.1. The van der Waals surface area contributed by atoms with E-state index in [9.17, 15) is 0 Å². The summed E-state index contributed by atoms with van der Waals surface area (Å²) in [6.07, 6.45) is 8.21. The van der Waals surface area contributed by atoms with Gasteiger partial charge in [0.1, 0.15) is 0 Å². The number of nitrogens with zero attached hydrogens (tertiary/aromatic N) is 2. The van der Waals surface area contributed by atoms with E-state index in [0.717, 1.165) is 12.1 Å². The van der Waals surface area contributed by atoms with Gasteiger partial charge in [0.2, 0.25) is 0 Å². The normalized spacial score (nSPS) is 27.8. The Balaban J connectivity index is 1.75. The first-order chi connectivity index (χ1) is 9.35. The van der Waals surface area contributed by atoms with E-state index >= 15 is 0 Å². The molecule has 0 aromatic carbocycles. The van der Waals surface area contributed by atoms with Crippen molar-refractivity contribution in [2.24, 2.45) is 0 Å². The molecule has 3 heteroatoms. The summed E-state index contributed by atoms with van der Waals surface area (Å²) in [4.78, 5) is 5.50. The summed E-state index contributed by atoms with van der Waals surface area (Å²) in [5.74, 6) is 0. The fraction of sp³-hybridized carbons (Fsp3) is 1.00. The SMILES string of the molecule is CCCNCC(CC)N1CCC(N2CCCCC2)C1. The van der Waals surface area contributed by atoms with E-state index in [2.05, 4.69) is 29.0 Å². The minimum Gasteiger partial charge on any atom is -0.315 e. The average molecular weight is 267 g/mol. The summed E-state index contributed by atoms with van der Waals surface area (Å²) < 4.78 is 0. The van der Waals surface area contributed by atoms with Crippen molar-refractivity contribution >= 4 is 0 Å². The largest absolute Gasteiger partial charge is 0.315 e. The van der Waals surface area contributed by atoms with Gasteiger partial charge in [-0.1, -0.05) is 20.3 Å². The predicted octanol–water partition coefficient (Wildman–Crippen LogP) is 2.32. The minimum atomic E-state index is 0.751. The van der Waals surface area contributed by atoms with Crippen LogP contribution in [0.25, 0.3) is 0 Å². The lowest BCUT2D eigenvalue weighted by Crippen LogP contribution is -2.45. The maximum Gasteiger partial charge on any atom is 0.0235 e. The first kappa shape index (κ1) is 15.3. The highest BCUT2D eigenvalue weighted by atomic mass is 15.3. The number of piperidine rings is 1. The number of likely N-dealkylation sites (tertiary alicyclic amines) is 2. The molecule has 0 saturated carbocycles. The van der Waals surface area contributed by atoms with Crippen LogP contribution in [0.4, 0.5) is 0 Å². The maximum atomic E-state index is 3.60. The Bertz CT molecular complexity index is 238. The summed E-state index contributed by atoms with van der Waals surface area (Å²) in [6, 6.07) is 1.60. The van der Waals surface area contributed by atoms with Crippen molar-refractivity contribution in [3.63, 3.8) is 0 Å². The van der Waals surface area contributed by atoms with Crippen LogP contribution in [-0.4, -0.2) is 61.2 Å². The summed E-state index contributed by atoms with van der Waals surface area (Å²) in [7, 11) is 0. The molecule has 2 aliphatic rings. The first-order valence-electron chi connectivity index (χ1n) is 8.54. The molecule has 2 heterocycles. The Morgan fingerprint density at radius 1 is 1.11 bits per heavy atom. The fourth-order valence-electron chi connectivity index (χ4n) is 3.66. The molecule has 2 saturated heterocycles. The molecule has 0 amide bonds. The fourth-order valence-corrected chi connectivity index (χ4v) is 3.66. The molecule has 2 unspecified atom stereocenters. The van der Waals surface area contributed by atoms with E-state index in [1.165, 1.54) is 77.8 Å². The van der Waals surface area contributed by atoms with Crippen LogP contribution in [0.5, 0.6) is 0 Å². The van der Waals surface area contributed by atoms with Gasteiger partial charge in [-0.25, -0.2) is 0 Å². The third-order valence-corrected chi connectivity index (χ3v) is 4.90. The van der Waals surface area contributed by atoms with Gasteiger partial charge in [-0.05, 0) is 51.7 Å². The number of hydrogen-bond acceptors (Lipinski definition) is 3. The lowest BCUT2D eigenvalue weighted by Gasteiger charge is -2.33. The second-order valence-corrected chi connectivity index (χ2v) is 6.30. The maximum absolute atomic E-state index is 3.60. The Kier molecular flexibility index (Phi) is 6.62. The number of rotatable bonds is 7. The van der Waals surface area contributed by atoms with Gasteiger partial charge in [0, 0.05) is 31.7 Å². The van der Waals surface area contributed by atoms with Crippen LogP contribution in [0.2, 0.25) is 0 Å². The minimum absolute atomic E-state index is 0.751. The van der Waals surface area contributed by atoms with Crippen molar-refractivity contribution in [2.45, 2.75) is 64.5 Å². The molecular formula is C16H33N3. The zero-order chi connectivity index (χ0) is 13.5. The zero-order valence-corrected chi connectivity index (χ0v) is 13.0. The summed E-state index contributed by atoms with van der Waals surface area (Å²) in [5.41, 5.74) is 0. The molecule has 1 N–H and O–H groups in total. The Labute approximate surface area is 119 Å². The second-order valence-electron chi connectivity index (χ2n) is 6.30. The highest BCUT2D eigenvalue weighted by Crippen LogP contribution is 2.22. The molecule has 19 heavy (non-hydrogen) atoms. The molecule has 2 fully saturated rings. The smallest absolute Gasteiger partial charge is 0.0235 e. The van der Waals surface area contributed by atoms with Gasteiger partial charge < -0.3 is 5.32 Å². The van der Waals surface area contributed by atoms with Crippen LogP contribution in [0.3, 0.4) is 0 Å². The van der Waals surface area contributed by atoms with Crippen molar-refractivity contribution in [3.8, 4) is 0 Å². The average Bonchev–Trinajstić information content (AvgIpc) is 2.94. The van der Waals surface area contributed by atoms with Gasteiger partial charge in [0.15, 0.2) is 0 Å². The first-order valence-corrected chi connectivity index (χ1v) is 8.54. The van der Waals surface area contributed by atoms with Gasteiger partial charge in [0.25, 0.3) is 0 Å². The van der Waals surface area contributed by atoms with E-state index in [4.69, 9.17) is 0 Å². The molecule has 0 radical (unpaired) electrons. The van der Waals surface area contributed by atoms with Crippen LogP contribution in [-0.2, 0) is 0 Å². The van der Waals surface area contributed by atoms with E-state index in [1.807, 2.05) is 0 Å². The van der Waals surface area contributed by atoms with Crippen LogP contribution < -0.4 is 5.32 Å².